The van der Waals surface area contributed by atoms with E-state index in [-0.39, 0.29) is 6.10 Å². The maximum Gasteiger partial charge on any atom is 0.289 e. The standard InChI is InChI=1S/C5H12N2O3S3/c8-5-1-3-7(4-2-5)13(9,10)6-12-11/h5-6,8,11H,1-4H2. The first-order chi connectivity index (χ1) is 6.06. The zero-order valence-electron chi connectivity index (χ0n) is 6.88. The predicted molar refractivity (Wildman–Crippen MR) is 55.4 cm³/mol. The van der Waals surface area contributed by atoms with Crippen LogP contribution < -0.4 is 4.13 Å². The lowest BCUT2D eigenvalue weighted by molar-refractivity contribution is 0.113. The summed E-state index contributed by atoms with van der Waals surface area (Å²) in [5.41, 5.74) is 0. The Morgan fingerprint density at radius 3 is 2.46 bits per heavy atom. The normalized spacial score (nSPS) is 22.0. The molecule has 1 heterocycles. The van der Waals surface area contributed by atoms with Gasteiger partial charge in [0.2, 0.25) is 0 Å². The van der Waals surface area contributed by atoms with Crippen molar-refractivity contribution in [2.75, 3.05) is 13.1 Å². The first-order valence-electron chi connectivity index (χ1n) is 3.81. The van der Waals surface area contributed by atoms with Crippen LogP contribution in [0.15, 0.2) is 0 Å². The highest BCUT2D eigenvalue weighted by molar-refractivity contribution is 8.69. The van der Waals surface area contributed by atoms with Crippen LogP contribution in [0.3, 0.4) is 0 Å². The van der Waals surface area contributed by atoms with E-state index in [4.69, 9.17) is 5.11 Å². The molecule has 1 aliphatic heterocycles. The summed E-state index contributed by atoms with van der Waals surface area (Å²) >= 11 is 3.70. The van der Waals surface area contributed by atoms with Gasteiger partial charge in [0.25, 0.3) is 10.2 Å². The topological polar surface area (TPSA) is 69.6 Å². The van der Waals surface area contributed by atoms with Crippen LogP contribution in [0, 0.1) is 0 Å². The molecule has 0 spiro atoms. The van der Waals surface area contributed by atoms with Crippen molar-refractivity contribution >= 4 is 32.9 Å². The quantitative estimate of drug-likeness (QED) is 0.364. The zero-order chi connectivity index (χ0) is 9.90. The van der Waals surface area contributed by atoms with E-state index >= 15 is 0 Å². The van der Waals surface area contributed by atoms with Crippen molar-refractivity contribution in [2.24, 2.45) is 0 Å². The highest BCUT2D eigenvalue weighted by atomic mass is 33.1. The van der Waals surface area contributed by atoms with Crippen molar-refractivity contribution < 1.29 is 13.5 Å². The molecule has 13 heavy (non-hydrogen) atoms. The van der Waals surface area contributed by atoms with E-state index in [9.17, 15) is 8.42 Å². The molecule has 2 N–H and O–H groups in total. The second kappa shape index (κ2) is 4.85. The van der Waals surface area contributed by atoms with E-state index in [1.54, 1.807) is 0 Å². The number of hydrogen-bond donors (Lipinski definition) is 3. The molecule has 0 bridgehead atoms. The molecule has 0 unspecified atom stereocenters. The number of hydrogen-bond acceptors (Lipinski definition) is 5. The summed E-state index contributed by atoms with van der Waals surface area (Å²) in [5, 5.41) is 9.16. The van der Waals surface area contributed by atoms with Crippen molar-refractivity contribution in [2.45, 2.75) is 18.9 Å². The van der Waals surface area contributed by atoms with Crippen LogP contribution in [0.5, 0.6) is 0 Å². The van der Waals surface area contributed by atoms with Crippen molar-refractivity contribution in [3.05, 3.63) is 0 Å². The SMILES string of the molecule is O=S(=O)(NSS)N1CCC(O)CC1. The minimum absolute atomic E-state index is 0.366. The Bertz CT molecular complexity index is 248. The molecule has 0 aromatic heterocycles. The lowest BCUT2D eigenvalue weighted by Crippen LogP contribution is -2.43. The van der Waals surface area contributed by atoms with E-state index in [1.807, 2.05) is 0 Å². The van der Waals surface area contributed by atoms with Gasteiger partial charge in [-0.05, 0) is 12.8 Å². The van der Waals surface area contributed by atoms with Gasteiger partial charge in [-0.3, -0.25) is 0 Å². The number of aliphatic hydroxyl groups excluding tert-OH is 1. The van der Waals surface area contributed by atoms with Crippen molar-refractivity contribution in [1.82, 2.24) is 8.43 Å². The highest BCUT2D eigenvalue weighted by Crippen LogP contribution is 2.14. The molecular formula is C5H12N2O3S3. The number of aliphatic hydroxyl groups is 1. The van der Waals surface area contributed by atoms with E-state index in [0.717, 1.165) is 11.0 Å². The van der Waals surface area contributed by atoms with Gasteiger partial charge in [-0.15, -0.1) is 4.13 Å². The molecule has 5 nitrogen and oxygen atoms in total. The number of thiol groups is 1. The average molecular weight is 244 g/mol. The minimum Gasteiger partial charge on any atom is -0.393 e. The Balaban J connectivity index is 2.53. The van der Waals surface area contributed by atoms with Crippen molar-refractivity contribution in [3.8, 4) is 0 Å². The van der Waals surface area contributed by atoms with Crippen LogP contribution in [-0.4, -0.2) is 37.0 Å². The summed E-state index contributed by atoms with van der Waals surface area (Å²) in [6.45, 7) is 0.732. The van der Waals surface area contributed by atoms with Crippen LogP contribution in [-0.2, 0) is 10.2 Å². The predicted octanol–water partition coefficient (Wildman–Crippen LogP) is -0.230. The third-order valence-electron chi connectivity index (χ3n) is 1.91. The van der Waals surface area contributed by atoms with Gasteiger partial charge in [0.05, 0.1) is 6.10 Å². The number of piperidine rings is 1. The number of nitrogens with one attached hydrogen (secondary N) is 1. The lowest BCUT2D eigenvalue weighted by atomic mass is 10.1. The molecule has 1 rings (SSSR count). The van der Waals surface area contributed by atoms with Gasteiger partial charge in [-0.25, -0.2) is 0 Å². The van der Waals surface area contributed by atoms with E-state index in [0.29, 0.717) is 25.9 Å². The Morgan fingerprint density at radius 1 is 1.46 bits per heavy atom. The Labute approximate surface area is 87.0 Å². The molecular weight excluding hydrogens is 232 g/mol. The van der Waals surface area contributed by atoms with Crippen molar-refractivity contribution in [1.29, 1.82) is 0 Å². The second-order valence-corrected chi connectivity index (χ2v) is 5.67. The Morgan fingerprint density at radius 2 is 2.00 bits per heavy atom. The summed E-state index contributed by atoms with van der Waals surface area (Å²) in [6.07, 6.45) is 0.631. The van der Waals surface area contributed by atoms with Crippen LogP contribution >= 0.6 is 22.6 Å². The Kier molecular flexibility index (Phi) is 4.33. The average Bonchev–Trinajstić information content (AvgIpc) is 2.05. The van der Waals surface area contributed by atoms with Crippen LogP contribution in [0.4, 0.5) is 0 Å². The summed E-state index contributed by atoms with van der Waals surface area (Å²) in [5.74, 6) is 0. The van der Waals surface area contributed by atoms with Gasteiger partial charge < -0.3 is 5.11 Å². The molecule has 0 atom stereocenters. The molecule has 0 amide bonds. The molecule has 0 saturated carbocycles. The lowest BCUT2D eigenvalue weighted by Gasteiger charge is -2.28. The molecule has 1 saturated heterocycles. The summed E-state index contributed by atoms with van der Waals surface area (Å²) in [7, 11) is -2.64. The molecule has 0 aliphatic carbocycles. The third kappa shape index (κ3) is 3.30. The fraction of sp³-hybridized carbons (Fsp3) is 1.00. The van der Waals surface area contributed by atoms with Gasteiger partial charge in [-0.1, -0.05) is 11.7 Å². The molecule has 0 radical (unpaired) electrons. The van der Waals surface area contributed by atoms with Crippen LogP contribution in [0.1, 0.15) is 12.8 Å². The van der Waals surface area contributed by atoms with E-state index in [1.165, 1.54) is 4.31 Å². The van der Waals surface area contributed by atoms with Gasteiger partial charge in [0, 0.05) is 24.1 Å². The monoisotopic (exact) mass is 244 g/mol. The van der Waals surface area contributed by atoms with Gasteiger partial charge >= 0.3 is 0 Å². The molecule has 0 aromatic carbocycles. The van der Waals surface area contributed by atoms with Gasteiger partial charge in [0.1, 0.15) is 0 Å². The van der Waals surface area contributed by atoms with Crippen LogP contribution in [0.25, 0.3) is 0 Å². The summed E-state index contributed by atoms with van der Waals surface area (Å²) in [6, 6.07) is 0. The molecule has 0 aromatic rings. The molecule has 8 heteroatoms. The van der Waals surface area contributed by atoms with Crippen LogP contribution in [0.2, 0.25) is 0 Å². The first kappa shape index (κ1) is 11.6. The maximum atomic E-state index is 11.4. The molecule has 78 valence electrons. The minimum atomic E-state index is -3.40. The molecule has 1 fully saturated rings. The largest absolute Gasteiger partial charge is 0.393 e. The summed E-state index contributed by atoms with van der Waals surface area (Å²) in [4.78, 5) is 0. The fourth-order valence-electron chi connectivity index (χ4n) is 1.18. The molecule has 1 aliphatic rings. The summed E-state index contributed by atoms with van der Waals surface area (Å²) < 4.78 is 26.2. The van der Waals surface area contributed by atoms with Gasteiger partial charge in [0.15, 0.2) is 0 Å². The highest BCUT2D eigenvalue weighted by Gasteiger charge is 2.26. The van der Waals surface area contributed by atoms with E-state index < -0.39 is 10.2 Å². The maximum absolute atomic E-state index is 11.4. The number of nitrogens with zero attached hydrogens (tertiary/aromatic N) is 1. The van der Waals surface area contributed by atoms with Gasteiger partial charge in [-0.2, -0.15) is 12.7 Å². The fourth-order valence-corrected chi connectivity index (χ4v) is 3.52. The van der Waals surface area contributed by atoms with Crippen molar-refractivity contribution in [3.63, 3.8) is 0 Å². The smallest absolute Gasteiger partial charge is 0.289 e. The van der Waals surface area contributed by atoms with E-state index in [2.05, 4.69) is 15.8 Å². The zero-order valence-corrected chi connectivity index (χ0v) is 9.41. The Hall–Kier alpha value is 0.530. The first-order valence-corrected chi connectivity index (χ1v) is 7.12. The number of rotatable bonds is 3. The third-order valence-corrected chi connectivity index (χ3v) is 4.76. The second-order valence-electron chi connectivity index (χ2n) is 2.81.